The van der Waals surface area contributed by atoms with E-state index in [2.05, 4.69) is 0 Å². The molecule has 1 amide bonds. The molecule has 0 radical (unpaired) electrons. The number of non-ortho nitro benzene ring substituents is 1. The third-order valence-electron chi connectivity index (χ3n) is 3.88. The van der Waals surface area contributed by atoms with Crippen LogP contribution in [0.1, 0.15) is 18.4 Å². The van der Waals surface area contributed by atoms with Crippen LogP contribution in [0.5, 0.6) is 0 Å². The van der Waals surface area contributed by atoms with E-state index in [1.807, 2.05) is 12.2 Å². The topological polar surface area (TPSA) is 63.5 Å². The minimum Gasteiger partial charge on any atom is -0.314 e. The Kier molecular flexibility index (Phi) is 2.08. The van der Waals surface area contributed by atoms with E-state index in [1.54, 1.807) is 24.1 Å². The van der Waals surface area contributed by atoms with E-state index in [1.165, 1.54) is 6.07 Å². The second-order valence-corrected chi connectivity index (χ2v) is 4.78. The standard InChI is InChI=1S/C13H12N2O3/c1-14-11-5-4-9(15(17)18)8-10(11)13(12(14)16)6-2-3-7-13/h2-5,8H,6-7H2,1H3. The molecule has 0 saturated heterocycles. The van der Waals surface area contributed by atoms with Gasteiger partial charge in [0.25, 0.3) is 5.69 Å². The summed E-state index contributed by atoms with van der Waals surface area (Å²) in [6.07, 6.45) is 5.20. The zero-order valence-electron chi connectivity index (χ0n) is 9.92. The van der Waals surface area contributed by atoms with Crippen LogP contribution in [0.2, 0.25) is 0 Å². The van der Waals surface area contributed by atoms with E-state index in [-0.39, 0.29) is 11.6 Å². The number of anilines is 1. The fraction of sp³-hybridized carbons (Fsp3) is 0.308. The molecule has 3 rings (SSSR count). The molecule has 5 nitrogen and oxygen atoms in total. The summed E-state index contributed by atoms with van der Waals surface area (Å²) in [5.74, 6) is 0.0306. The van der Waals surface area contributed by atoms with Gasteiger partial charge in [-0.3, -0.25) is 14.9 Å². The molecule has 0 unspecified atom stereocenters. The summed E-state index contributed by atoms with van der Waals surface area (Å²) >= 11 is 0. The molecule has 1 aromatic carbocycles. The number of carbonyl (C=O) groups excluding carboxylic acids is 1. The molecule has 1 spiro atoms. The van der Waals surface area contributed by atoms with Crippen LogP contribution in [0.4, 0.5) is 11.4 Å². The Morgan fingerprint density at radius 2 is 2.00 bits per heavy atom. The summed E-state index contributed by atoms with van der Waals surface area (Å²) in [6, 6.07) is 4.66. The number of carbonyl (C=O) groups is 1. The lowest BCUT2D eigenvalue weighted by atomic mass is 9.79. The lowest BCUT2D eigenvalue weighted by Crippen LogP contribution is -2.36. The lowest BCUT2D eigenvalue weighted by Gasteiger charge is -2.21. The molecule has 2 aliphatic rings. The molecular formula is C13H12N2O3. The van der Waals surface area contributed by atoms with E-state index in [4.69, 9.17) is 0 Å². The van der Waals surface area contributed by atoms with Crippen LogP contribution in [0, 0.1) is 10.1 Å². The number of nitro groups is 1. The summed E-state index contributed by atoms with van der Waals surface area (Å²) in [5, 5.41) is 10.9. The van der Waals surface area contributed by atoms with E-state index in [0.29, 0.717) is 12.8 Å². The quantitative estimate of drug-likeness (QED) is 0.432. The largest absolute Gasteiger partial charge is 0.314 e. The average Bonchev–Trinajstić information content (AvgIpc) is 2.92. The van der Waals surface area contributed by atoms with Gasteiger partial charge in [0.05, 0.1) is 10.3 Å². The van der Waals surface area contributed by atoms with Crippen LogP contribution in [0.25, 0.3) is 0 Å². The monoisotopic (exact) mass is 244 g/mol. The first-order valence-electron chi connectivity index (χ1n) is 5.78. The maximum Gasteiger partial charge on any atom is 0.269 e. The predicted molar refractivity (Wildman–Crippen MR) is 66.6 cm³/mol. The molecule has 1 aliphatic carbocycles. The third kappa shape index (κ3) is 1.19. The highest BCUT2D eigenvalue weighted by Gasteiger charge is 2.50. The number of fused-ring (bicyclic) bond motifs is 2. The van der Waals surface area contributed by atoms with Gasteiger partial charge < -0.3 is 4.90 Å². The molecule has 0 fully saturated rings. The number of rotatable bonds is 1. The van der Waals surface area contributed by atoms with E-state index < -0.39 is 10.3 Å². The molecule has 5 heteroatoms. The van der Waals surface area contributed by atoms with Gasteiger partial charge in [-0.15, -0.1) is 0 Å². The summed E-state index contributed by atoms with van der Waals surface area (Å²) in [4.78, 5) is 24.4. The second kappa shape index (κ2) is 3.41. The van der Waals surface area contributed by atoms with Crippen molar-refractivity contribution in [3.8, 4) is 0 Å². The lowest BCUT2D eigenvalue weighted by molar-refractivity contribution is -0.384. The fourth-order valence-corrected chi connectivity index (χ4v) is 2.91. The van der Waals surface area contributed by atoms with Crippen molar-refractivity contribution in [3.05, 3.63) is 46.0 Å². The molecule has 1 heterocycles. The number of likely N-dealkylation sites (N-methyl/N-ethyl adjacent to an activating group) is 1. The van der Waals surface area contributed by atoms with Crippen molar-refractivity contribution in [1.82, 2.24) is 0 Å². The Balaban J connectivity index is 2.21. The van der Waals surface area contributed by atoms with Crippen LogP contribution in [0.15, 0.2) is 30.4 Å². The van der Waals surface area contributed by atoms with Gasteiger partial charge in [0.1, 0.15) is 0 Å². The van der Waals surface area contributed by atoms with Gasteiger partial charge in [-0.25, -0.2) is 0 Å². The maximum atomic E-state index is 12.4. The average molecular weight is 244 g/mol. The first-order chi connectivity index (χ1) is 8.56. The molecule has 1 aromatic rings. The number of nitrogens with zero attached hydrogens (tertiary/aromatic N) is 2. The van der Waals surface area contributed by atoms with E-state index in [0.717, 1.165) is 11.3 Å². The van der Waals surface area contributed by atoms with Crippen LogP contribution >= 0.6 is 0 Å². The number of nitro benzene ring substituents is 1. The second-order valence-electron chi connectivity index (χ2n) is 4.78. The SMILES string of the molecule is CN1C(=O)C2(CC=CC2)c2cc([N+](=O)[O-])ccc21. The zero-order valence-corrected chi connectivity index (χ0v) is 9.92. The van der Waals surface area contributed by atoms with Gasteiger partial charge in [-0.1, -0.05) is 12.2 Å². The molecule has 0 saturated carbocycles. The molecule has 92 valence electrons. The van der Waals surface area contributed by atoms with Gasteiger partial charge in [0.15, 0.2) is 0 Å². The Morgan fingerprint density at radius 1 is 1.33 bits per heavy atom. The van der Waals surface area contributed by atoms with E-state index in [9.17, 15) is 14.9 Å². The molecular weight excluding hydrogens is 232 g/mol. The molecule has 18 heavy (non-hydrogen) atoms. The summed E-state index contributed by atoms with van der Waals surface area (Å²) in [6.45, 7) is 0. The normalized spacial score (nSPS) is 19.6. The predicted octanol–water partition coefficient (Wildman–Crippen LogP) is 2.16. The van der Waals surface area contributed by atoms with Crippen molar-refractivity contribution >= 4 is 17.3 Å². The van der Waals surface area contributed by atoms with Gasteiger partial charge in [-0.2, -0.15) is 0 Å². The number of amides is 1. The first kappa shape index (κ1) is 11.0. The van der Waals surface area contributed by atoms with Crippen molar-refractivity contribution in [2.24, 2.45) is 0 Å². The van der Waals surface area contributed by atoms with Gasteiger partial charge in [-0.05, 0) is 24.5 Å². The minimum atomic E-state index is -0.601. The minimum absolute atomic E-state index is 0.0306. The number of hydrogen-bond donors (Lipinski definition) is 0. The molecule has 0 N–H and O–H groups in total. The summed E-state index contributed by atoms with van der Waals surface area (Å²) in [5.41, 5.74) is 1.02. The summed E-state index contributed by atoms with van der Waals surface area (Å²) < 4.78 is 0. The van der Waals surface area contributed by atoms with Gasteiger partial charge >= 0.3 is 0 Å². The highest BCUT2D eigenvalue weighted by Crippen LogP contribution is 2.49. The molecule has 0 atom stereocenters. The van der Waals surface area contributed by atoms with Crippen LogP contribution in [-0.4, -0.2) is 17.9 Å². The molecule has 1 aliphatic heterocycles. The maximum absolute atomic E-state index is 12.4. The van der Waals surface area contributed by atoms with Gasteiger partial charge in [0.2, 0.25) is 5.91 Å². The third-order valence-corrected chi connectivity index (χ3v) is 3.88. The smallest absolute Gasteiger partial charge is 0.269 e. The van der Waals surface area contributed by atoms with Gasteiger partial charge in [0, 0.05) is 24.9 Å². The molecule has 0 bridgehead atoms. The zero-order chi connectivity index (χ0) is 12.9. The van der Waals surface area contributed by atoms with Crippen molar-refractivity contribution in [2.75, 3.05) is 11.9 Å². The highest BCUT2D eigenvalue weighted by atomic mass is 16.6. The Labute approximate surface area is 104 Å². The van der Waals surface area contributed by atoms with Crippen LogP contribution in [-0.2, 0) is 10.2 Å². The Morgan fingerprint density at radius 3 is 2.61 bits per heavy atom. The number of benzene rings is 1. The van der Waals surface area contributed by atoms with Crippen molar-refractivity contribution in [3.63, 3.8) is 0 Å². The molecule has 0 aromatic heterocycles. The number of hydrogen-bond acceptors (Lipinski definition) is 3. The summed E-state index contributed by atoms with van der Waals surface area (Å²) in [7, 11) is 1.72. The van der Waals surface area contributed by atoms with Crippen molar-refractivity contribution in [2.45, 2.75) is 18.3 Å². The van der Waals surface area contributed by atoms with Crippen LogP contribution in [0.3, 0.4) is 0 Å². The fourth-order valence-electron chi connectivity index (χ4n) is 2.91. The highest BCUT2D eigenvalue weighted by molar-refractivity contribution is 6.08. The Hall–Kier alpha value is -2.17. The number of allylic oxidation sites excluding steroid dienone is 2. The Bertz CT molecular complexity index is 584. The van der Waals surface area contributed by atoms with E-state index >= 15 is 0 Å². The van der Waals surface area contributed by atoms with Crippen molar-refractivity contribution < 1.29 is 9.72 Å². The van der Waals surface area contributed by atoms with Crippen LogP contribution < -0.4 is 4.90 Å². The first-order valence-corrected chi connectivity index (χ1v) is 5.78. The van der Waals surface area contributed by atoms with Crippen molar-refractivity contribution in [1.29, 1.82) is 0 Å².